The van der Waals surface area contributed by atoms with Crippen LogP contribution in [0.25, 0.3) is 10.4 Å². The summed E-state index contributed by atoms with van der Waals surface area (Å²) < 4.78 is 39.1. The molecule has 2 aromatic heterocycles. The van der Waals surface area contributed by atoms with Crippen LogP contribution in [0.4, 0.5) is 24.8 Å². The summed E-state index contributed by atoms with van der Waals surface area (Å²) in [4.78, 5) is 25.5. The molecule has 1 fully saturated rings. The Morgan fingerprint density at radius 3 is 2.56 bits per heavy atom. The van der Waals surface area contributed by atoms with E-state index in [2.05, 4.69) is 25.6 Å². The van der Waals surface area contributed by atoms with Crippen LogP contribution in [0.2, 0.25) is 5.02 Å². The topological polar surface area (TPSA) is 100 Å². The van der Waals surface area contributed by atoms with Gasteiger partial charge < -0.3 is 15.7 Å². The molecule has 0 bridgehead atoms. The largest absolute Gasteiger partial charge is 0.433 e. The Labute approximate surface area is 243 Å². The van der Waals surface area contributed by atoms with Crippen LogP contribution in [-0.4, -0.2) is 26.0 Å². The molecule has 2 aromatic carbocycles. The van der Waals surface area contributed by atoms with E-state index in [9.17, 15) is 23.1 Å². The third kappa shape index (κ3) is 7.03. The molecule has 41 heavy (non-hydrogen) atoms. The number of amides is 1. The predicted molar refractivity (Wildman–Crippen MR) is 152 cm³/mol. The molecule has 2 heterocycles. The molecule has 1 aliphatic rings. The van der Waals surface area contributed by atoms with E-state index in [-0.39, 0.29) is 17.8 Å². The van der Waals surface area contributed by atoms with Crippen molar-refractivity contribution in [3.05, 3.63) is 87.8 Å². The van der Waals surface area contributed by atoms with Crippen molar-refractivity contribution in [1.29, 1.82) is 0 Å². The van der Waals surface area contributed by atoms with Crippen LogP contribution < -0.4 is 10.6 Å². The van der Waals surface area contributed by atoms with Gasteiger partial charge in [0.25, 0.3) is 0 Å². The minimum absolute atomic E-state index is 0.0358. The standard InChI is InChI=1S/C29H27ClF3N5O2S/c1-17-12-20(14-22(13-17)37-27-34-11-8-24(38-27)29(31,32)33)23-16-36-26(41-23)28(40)9-6-19(7-10-28)25(39)35-15-18-2-4-21(30)5-3-18/h2-5,8,11-14,16,19,40H,6-7,9-10,15H2,1H3,(H,35,39)(H,34,37,38)/t19-,28-. The molecule has 4 aromatic rings. The first-order valence-electron chi connectivity index (χ1n) is 13.0. The van der Waals surface area contributed by atoms with Crippen molar-refractivity contribution in [1.82, 2.24) is 20.3 Å². The summed E-state index contributed by atoms with van der Waals surface area (Å²) >= 11 is 7.28. The number of carbonyl (C=O) groups is 1. The van der Waals surface area contributed by atoms with Gasteiger partial charge >= 0.3 is 6.18 Å². The second-order valence-corrected chi connectivity index (χ2v) is 11.6. The number of aromatic nitrogens is 3. The Bertz CT molecular complexity index is 1540. The van der Waals surface area contributed by atoms with E-state index < -0.39 is 17.5 Å². The van der Waals surface area contributed by atoms with E-state index in [1.54, 1.807) is 30.5 Å². The zero-order valence-electron chi connectivity index (χ0n) is 22.0. The third-order valence-corrected chi connectivity index (χ3v) is 8.52. The molecule has 0 saturated heterocycles. The first kappa shape index (κ1) is 29.0. The van der Waals surface area contributed by atoms with E-state index in [0.717, 1.165) is 33.8 Å². The molecule has 0 aliphatic heterocycles. The summed E-state index contributed by atoms with van der Waals surface area (Å²) in [5, 5.41) is 18.5. The van der Waals surface area contributed by atoms with E-state index in [1.165, 1.54) is 11.3 Å². The number of benzene rings is 2. The van der Waals surface area contributed by atoms with Gasteiger partial charge in [-0.05, 0) is 79.6 Å². The summed E-state index contributed by atoms with van der Waals surface area (Å²) in [6.07, 6.45) is 0.0573. The van der Waals surface area contributed by atoms with Gasteiger partial charge in [-0.25, -0.2) is 15.0 Å². The molecule has 7 nitrogen and oxygen atoms in total. The number of rotatable bonds is 7. The molecule has 12 heteroatoms. The quantitative estimate of drug-likeness (QED) is 0.211. The Kier molecular flexibility index (Phi) is 8.30. The fourth-order valence-electron chi connectivity index (χ4n) is 4.83. The number of hydrogen-bond donors (Lipinski definition) is 3. The highest BCUT2D eigenvalue weighted by Crippen LogP contribution is 2.43. The van der Waals surface area contributed by atoms with Crippen molar-refractivity contribution < 1.29 is 23.1 Å². The number of carbonyl (C=O) groups excluding carboxylic acids is 1. The molecule has 0 unspecified atom stereocenters. The van der Waals surface area contributed by atoms with E-state index in [0.29, 0.717) is 47.9 Å². The molecule has 0 atom stereocenters. The van der Waals surface area contributed by atoms with Crippen LogP contribution in [-0.2, 0) is 23.1 Å². The van der Waals surface area contributed by atoms with Crippen LogP contribution in [0.1, 0.15) is 47.5 Å². The van der Waals surface area contributed by atoms with Gasteiger partial charge in [0, 0.05) is 35.6 Å². The van der Waals surface area contributed by atoms with Crippen molar-refractivity contribution in [2.24, 2.45) is 5.92 Å². The molecule has 0 radical (unpaired) electrons. The molecule has 3 N–H and O–H groups in total. The van der Waals surface area contributed by atoms with Crippen molar-refractivity contribution in [3.63, 3.8) is 0 Å². The van der Waals surface area contributed by atoms with Crippen molar-refractivity contribution in [2.75, 3.05) is 5.32 Å². The number of anilines is 2. The van der Waals surface area contributed by atoms with Gasteiger partial charge in [-0.1, -0.05) is 29.8 Å². The lowest BCUT2D eigenvalue weighted by atomic mass is 9.78. The minimum Gasteiger partial charge on any atom is -0.383 e. The molecular weight excluding hydrogens is 575 g/mol. The van der Waals surface area contributed by atoms with Crippen molar-refractivity contribution in [3.8, 4) is 10.4 Å². The van der Waals surface area contributed by atoms with Crippen LogP contribution >= 0.6 is 22.9 Å². The second kappa shape index (κ2) is 11.8. The normalized spacial score (nSPS) is 19.1. The maximum Gasteiger partial charge on any atom is 0.433 e. The molecular formula is C29H27ClF3N5O2S. The highest BCUT2D eigenvalue weighted by molar-refractivity contribution is 7.15. The van der Waals surface area contributed by atoms with Crippen LogP contribution in [0.15, 0.2) is 60.9 Å². The Balaban J connectivity index is 1.23. The number of hydrogen-bond acceptors (Lipinski definition) is 7. The first-order valence-corrected chi connectivity index (χ1v) is 14.2. The van der Waals surface area contributed by atoms with E-state index >= 15 is 0 Å². The SMILES string of the molecule is Cc1cc(Nc2nccc(C(F)(F)F)n2)cc(-c2cnc([C@]3(O)CC[C@H](C(=O)NCc4ccc(Cl)cc4)CC3)s2)c1. The van der Waals surface area contributed by atoms with Gasteiger partial charge in [-0.2, -0.15) is 13.2 Å². The lowest BCUT2D eigenvalue weighted by Crippen LogP contribution is -2.38. The second-order valence-electron chi connectivity index (χ2n) is 10.2. The minimum atomic E-state index is -4.57. The summed E-state index contributed by atoms with van der Waals surface area (Å²) in [5.74, 6) is -0.388. The monoisotopic (exact) mass is 601 g/mol. The maximum atomic E-state index is 13.0. The molecule has 1 saturated carbocycles. The van der Waals surface area contributed by atoms with Crippen molar-refractivity contribution in [2.45, 2.75) is 50.9 Å². The number of aliphatic hydroxyl groups is 1. The Hall–Kier alpha value is -3.54. The highest BCUT2D eigenvalue weighted by Gasteiger charge is 2.39. The van der Waals surface area contributed by atoms with Crippen LogP contribution in [0.3, 0.4) is 0 Å². The van der Waals surface area contributed by atoms with Gasteiger partial charge in [0.2, 0.25) is 11.9 Å². The smallest absolute Gasteiger partial charge is 0.383 e. The number of halogens is 4. The highest BCUT2D eigenvalue weighted by atomic mass is 35.5. The van der Waals surface area contributed by atoms with E-state index in [1.807, 2.05) is 25.1 Å². The van der Waals surface area contributed by atoms with Gasteiger partial charge in [-0.3, -0.25) is 4.79 Å². The molecule has 5 rings (SSSR count). The van der Waals surface area contributed by atoms with Gasteiger partial charge in [0.1, 0.15) is 16.3 Å². The Morgan fingerprint density at radius 2 is 1.85 bits per heavy atom. The number of thiazole rings is 1. The maximum absolute atomic E-state index is 13.0. The Morgan fingerprint density at radius 1 is 1.12 bits per heavy atom. The van der Waals surface area contributed by atoms with Gasteiger partial charge in [0.05, 0.1) is 4.88 Å². The van der Waals surface area contributed by atoms with Crippen LogP contribution in [0, 0.1) is 12.8 Å². The summed E-state index contributed by atoms with van der Waals surface area (Å²) in [7, 11) is 0. The number of aryl methyl sites for hydroxylation is 1. The molecule has 0 spiro atoms. The number of alkyl halides is 3. The first-order chi connectivity index (χ1) is 19.5. The van der Waals surface area contributed by atoms with Gasteiger partial charge in [0.15, 0.2) is 0 Å². The lowest BCUT2D eigenvalue weighted by Gasteiger charge is -2.33. The summed E-state index contributed by atoms with van der Waals surface area (Å²) in [6.45, 7) is 2.29. The third-order valence-electron chi connectivity index (χ3n) is 7.03. The zero-order valence-corrected chi connectivity index (χ0v) is 23.6. The summed E-state index contributed by atoms with van der Waals surface area (Å²) in [6, 6.07) is 13.6. The fraction of sp³-hybridized carbons (Fsp3) is 0.310. The van der Waals surface area contributed by atoms with Crippen LogP contribution in [0.5, 0.6) is 0 Å². The van der Waals surface area contributed by atoms with E-state index in [4.69, 9.17) is 11.6 Å². The number of nitrogens with one attached hydrogen (secondary N) is 2. The predicted octanol–water partition coefficient (Wildman–Crippen LogP) is 7.02. The van der Waals surface area contributed by atoms with Gasteiger partial charge in [-0.15, -0.1) is 11.3 Å². The average Bonchev–Trinajstić information content (AvgIpc) is 3.44. The molecule has 1 amide bonds. The molecule has 1 aliphatic carbocycles. The summed E-state index contributed by atoms with van der Waals surface area (Å²) in [5.41, 5.74) is 0.988. The van der Waals surface area contributed by atoms with Crippen molar-refractivity contribution >= 4 is 40.5 Å². The average molecular weight is 602 g/mol. The zero-order chi connectivity index (χ0) is 29.2. The number of nitrogens with zero attached hydrogens (tertiary/aromatic N) is 3. The fourth-order valence-corrected chi connectivity index (χ4v) is 6.01. The molecule has 214 valence electrons. The lowest BCUT2D eigenvalue weighted by molar-refractivity contribution is -0.141.